The molecule has 6 nitrogen and oxygen atoms in total. The van der Waals surface area contributed by atoms with E-state index >= 15 is 0 Å². The van der Waals surface area contributed by atoms with Crippen molar-refractivity contribution in [2.24, 2.45) is 0 Å². The molecule has 2 unspecified atom stereocenters. The summed E-state index contributed by atoms with van der Waals surface area (Å²) in [4.78, 5) is 17.2. The number of fused-ring (bicyclic) bond motifs is 1. The molecule has 2 aromatic carbocycles. The Morgan fingerprint density at radius 1 is 1.00 bits per heavy atom. The van der Waals surface area contributed by atoms with Gasteiger partial charge in [-0.1, -0.05) is 47.5 Å². The lowest BCUT2D eigenvalue weighted by molar-refractivity contribution is -0.144. The van der Waals surface area contributed by atoms with Crippen molar-refractivity contribution >= 4 is 29.1 Å². The minimum Gasteiger partial charge on any atom is -0.504 e. The van der Waals surface area contributed by atoms with E-state index in [1.807, 2.05) is 4.90 Å². The van der Waals surface area contributed by atoms with Gasteiger partial charge in [-0.05, 0) is 53.1 Å². The predicted molar refractivity (Wildman–Crippen MR) is 138 cm³/mol. The Kier molecular flexibility index (Phi) is 5.90. The lowest BCUT2D eigenvalue weighted by Gasteiger charge is -2.47. The zero-order valence-corrected chi connectivity index (χ0v) is 21.8. The maximum absolute atomic E-state index is 13.8. The maximum Gasteiger partial charge on any atom is 0.416 e. The van der Waals surface area contributed by atoms with Gasteiger partial charge in [-0.25, -0.2) is 0 Å². The Balaban J connectivity index is 1.44. The molecule has 2 bridgehead atoms. The summed E-state index contributed by atoms with van der Waals surface area (Å²) in [6.07, 6.45) is -0.198. The summed E-state index contributed by atoms with van der Waals surface area (Å²) in [5.74, 6) is -1.32. The second-order valence-electron chi connectivity index (χ2n) is 10.5. The lowest BCUT2D eigenvalue weighted by atomic mass is 9.75. The van der Waals surface area contributed by atoms with Crippen LogP contribution in [0.3, 0.4) is 0 Å². The number of rotatable bonds is 4. The zero-order valence-electron chi connectivity index (χ0n) is 20.3. The first-order valence-corrected chi connectivity index (χ1v) is 13.0. The van der Waals surface area contributed by atoms with Gasteiger partial charge in [0.2, 0.25) is 5.91 Å². The van der Waals surface area contributed by atoms with Crippen molar-refractivity contribution in [3.63, 3.8) is 0 Å². The van der Waals surface area contributed by atoms with Gasteiger partial charge in [-0.15, -0.1) is 0 Å². The van der Waals surface area contributed by atoms with Crippen LogP contribution in [0.4, 0.5) is 13.2 Å². The van der Waals surface area contributed by atoms with Gasteiger partial charge >= 0.3 is 6.18 Å². The molecule has 0 spiro atoms. The van der Waals surface area contributed by atoms with Crippen molar-refractivity contribution in [1.29, 1.82) is 0 Å². The summed E-state index contributed by atoms with van der Waals surface area (Å²) in [5, 5.41) is 34.0. The van der Waals surface area contributed by atoms with E-state index in [0.717, 1.165) is 18.2 Å². The van der Waals surface area contributed by atoms with Crippen LogP contribution in [-0.2, 0) is 23.9 Å². The maximum atomic E-state index is 13.8. The fraction of sp³-hybridized carbons (Fsp3) is 0.321. The largest absolute Gasteiger partial charge is 0.504 e. The number of carbonyl (C=O) groups is 1. The third kappa shape index (κ3) is 3.97. The van der Waals surface area contributed by atoms with Crippen molar-refractivity contribution in [2.75, 3.05) is 6.54 Å². The first-order chi connectivity index (χ1) is 18.3. The van der Waals surface area contributed by atoms with Gasteiger partial charge in [0.05, 0.1) is 23.2 Å². The Bertz CT molecular complexity index is 1470. The molecular formula is C28H23Cl2F3N2O4. The second kappa shape index (κ2) is 8.76. The highest BCUT2D eigenvalue weighted by molar-refractivity contribution is 6.36. The number of piperazine rings is 1. The van der Waals surface area contributed by atoms with Crippen LogP contribution >= 0.6 is 23.2 Å². The van der Waals surface area contributed by atoms with Gasteiger partial charge in [0.1, 0.15) is 5.60 Å². The molecule has 3 heterocycles. The number of carbonyl (C=O) groups excluding carboxylic acids is 1. The Hall–Kier alpha value is -2.98. The second-order valence-corrected chi connectivity index (χ2v) is 11.3. The first kappa shape index (κ1) is 26.3. The molecule has 11 heteroatoms. The highest BCUT2D eigenvalue weighted by Crippen LogP contribution is 2.56. The van der Waals surface area contributed by atoms with Gasteiger partial charge < -0.3 is 20.2 Å². The molecule has 204 valence electrons. The molecule has 1 aliphatic carbocycles. The number of aliphatic hydroxyl groups excluding tert-OH is 2. The first-order valence-electron chi connectivity index (χ1n) is 12.3. The molecule has 4 aliphatic rings. The molecule has 2 aromatic rings. The number of aliphatic hydroxyl groups is 3. The molecule has 1 amide bonds. The van der Waals surface area contributed by atoms with E-state index in [9.17, 15) is 33.3 Å². The van der Waals surface area contributed by atoms with Crippen LogP contribution in [-0.4, -0.2) is 60.8 Å². The summed E-state index contributed by atoms with van der Waals surface area (Å²) in [7, 11) is 0. The Morgan fingerprint density at radius 3 is 2.38 bits per heavy atom. The molecular weight excluding hydrogens is 556 g/mol. The van der Waals surface area contributed by atoms with Crippen molar-refractivity contribution in [3.05, 3.63) is 105 Å². The third-order valence-electron chi connectivity index (χ3n) is 8.24. The number of hydrogen-bond donors (Lipinski definition) is 3. The molecule has 3 aliphatic heterocycles. The molecule has 2 saturated heterocycles. The number of nitrogens with zero attached hydrogens (tertiary/aromatic N) is 2. The number of amides is 1. The van der Waals surface area contributed by atoms with Crippen LogP contribution in [0.5, 0.6) is 0 Å². The number of halogens is 5. The minimum absolute atomic E-state index is 0.0601. The summed E-state index contributed by atoms with van der Waals surface area (Å²) in [5.41, 5.74) is -2.43. The lowest BCUT2D eigenvalue weighted by Crippen LogP contribution is -2.64. The standard InChI is InChI=1S/C28H23Cl2F3N2O4/c29-19-5-2-6-20(30)18(19)10-26-9-16-8-23(36)24(37)12-27(26,39)11-21-25(38)34(14-22(16)35(21)26)13-15-3-1-4-17(7-15)28(31,32)33/h1-9,12,21-22,36-37,39H,10-11,13-14H2/b23-8+,24-12+/t21-,22-,26?,27?/m0/s1. The van der Waals surface area contributed by atoms with Gasteiger partial charge in [0.25, 0.3) is 0 Å². The highest BCUT2D eigenvalue weighted by atomic mass is 35.5. The topological polar surface area (TPSA) is 84.2 Å². The summed E-state index contributed by atoms with van der Waals surface area (Å²) >= 11 is 13.0. The molecule has 0 radical (unpaired) electrons. The zero-order chi connectivity index (χ0) is 27.9. The molecule has 0 aromatic heterocycles. The average Bonchev–Trinajstić information content (AvgIpc) is 3.30. The van der Waals surface area contributed by atoms with Gasteiger partial charge in [0, 0.05) is 36.0 Å². The fourth-order valence-electron chi connectivity index (χ4n) is 6.54. The van der Waals surface area contributed by atoms with E-state index in [1.54, 1.807) is 24.3 Å². The number of alkyl halides is 3. The third-order valence-corrected chi connectivity index (χ3v) is 8.95. The van der Waals surface area contributed by atoms with E-state index < -0.39 is 46.5 Å². The Labute approximate surface area is 231 Å². The van der Waals surface area contributed by atoms with Crippen LogP contribution in [0, 0.1) is 0 Å². The SMILES string of the molecule is O=C1[C@@H]2CC3(O)/C=C(O)\C(O)=C/C4=CC3(Cc3c(Cl)cccc3Cl)N2[C@H]4CN1Cc1cccc(C(F)(F)F)c1. The van der Waals surface area contributed by atoms with Crippen molar-refractivity contribution in [2.45, 2.75) is 48.8 Å². The van der Waals surface area contributed by atoms with Crippen LogP contribution < -0.4 is 0 Å². The monoisotopic (exact) mass is 578 g/mol. The number of benzene rings is 2. The highest BCUT2D eigenvalue weighted by Gasteiger charge is 2.69. The van der Waals surface area contributed by atoms with Crippen LogP contribution in [0.15, 0.2) is 77.8 Å². The van der Waals surface area contributed by atoms with E-state index in [2.05, 4.69) is 0 Å². The molecule has 6 rings (SSSR count). The average molecular weight is 579 g/mol. The summed E-state index contributed by atoms with van der Waals surface area (Å²) < 4.78 is 39.9. The minimum atomic E-state index is -4.52. The van der Waals surface area contributed by atoms with E-state index in [1.165, 1.54) is 23.1 Å². The van der Waals surface area contributed by atoms with Gasteiger partial charge in [-0.3, -0.25) is 9.69 Å². The fourth-order valence-corrected chi connectivity index (χ4v) is 7.07. The molecule has 0 saturated carbocycles. The van der Waals surface area contributed by atoms with Crippen LogP contribution in [0.2, 0.25) is 10.0 Å². The van der Waals surface area contributed by atoms with Crippen LogP contribution in [0.25, 0.3) is 0 Å². The molecule has 4 atom stereocenters. The van der Waals surface area contributed by atoms with E-state index in [4.69, 9.17) is 23.2 Å². The quantitative estimate of drug-likeness (QED) is 0.455. The smallest absolute Gasteiger partial charge is 0.416 e. The van der Waals surface area contributed by atoms with Crippen molar-refractivity contribution in [3.8, 4) is 0 Å². The summed E-state index contributed by atoms with van der Waals surface area (Å²) in [6.45, 7) is 0.0332. The van der Waals surface area contributed by atoms with Crippen LogP contribution in [0.1, 0.15) is 23.1 Å². The number of hydrogen-bond acceptors (Lipinski definition) is 5. The van der Waals surface area contributed by atoms with E-state index in [0.29, 0.717) is 26.7 Å². The normalized spacial score (nSPS) is 32.7. The predicted octanol–water partition coefficient (Wildman–Crippen LogP) is 5.35. The van der Waals surface area contributed by atoms with Crippen molar-refractivity contribution < 1.29 is 33.3 Å². The van der Waals surface area contributed by atoms with E-state index in [-0.39, 0.29) is 31.8 Å². The molecule has 39 heavy (non-hydrogen) atoms. The molecule has 2 fully saturated rings. The van der Waals surface area contributed by atoms with Gasteiger partial charge in [-0.2, -0.15) is 13.2 Å². The summed E-state index contributed by atoms with van der Waals surface area (Å²) in [6, 6.07) is 8.50. The molecule has 3 N–H and O–H groups in total. The van der Waals surface area contributed by atoms with Gasteiger partial charge in [0.15, 0.2) is 11.5 Å². The Morgan fingerprint density at radius 2 is 1.69 bits per heavy atom. The van der Waals surface area contributed by atoms with Crippen molar-refractivity contribution in [1.82, 2.24) is 9.80 Å².